The molecule has 1 heterocycles. The molecule has 1 aliphatic heterocycles. The van der Waals surface area contributed by atoms with Crippen LogP contribution in [-0.4, -0.2) is 59.5 Å². The Kier molecular flexibility index (Phi) is 8.38. The summed E-state index contributed by atoms with van der Waals surface area (Å²) in [5.41, 5.74) is -1.28. The van der Waals surface area contributed by atoms with Crippen molar-refractivity contribution in [2.75, 3.05) is 13.2 Å². The van der Waals surface area contributed by atoms with E-state index in [9.17, 15) is 14.4 Å². The van der Waals surface area contributed by atoms with Gasteiger partial charge in [0.05, 0.1) is 0 Å². The lowest BCUT2D eigenvalue weighted by Crippen LogP contribution is -2.64. The van der Waals surface area contributed by atoms with E-state index >= 15 is 0 Å². The summed E-state index contributed by atoms with van der Waals surface area (Å²) in [6, 6.07) is 0. The third kappa shape index (κ3) is 6.45. The monoisotopic (exact) mass is 397 g/mol. The van der Waals surface area contributed by atoms with E-state index in [1.165, 1.54) is 19.1 Å². The first-order valence-corrected chi connectivity index (χ1v) is 9.14. The number of rotatable bonds is 9. The number of carbonyl (C=O) groups is 3. The Hall–Kier alpha value is -2.19. The van der Waals surface area contributed by atoms with Crippen LogP contribution in [0.15, 0.2) is 25.3 Å². The number of ether oxygens (including phenoxy) is 3. The van der Waals surface area contributed by atoms with E-state index in [0.29, 0.717) is 12.8 Å². The molecule has 0 spiro atoms. The summed E-state index contributed by atoms with van der Waals surface area (Å²) in [6.07, 6.45) is 1.81. The van der Waals surface area contributed by atoms with E-state index in [2.05, 4.69) is 13.2 Å². The van der Waals surface area contributed by atoms with Gasteiger partial charge in [0.15, 0.2) is 0 Å². The first-order chi connectivity index (χ1) is 12.9. The van der Waals surface area contributed by atoms with Crippen molar-refractivity contribution >= 4 is 17.9 Å². The second kappa shape index (κ2) is 9.84. The van der Waals surface area contributed by atoms with Crippen molar-refractivity contribution in [2.24, 2.45) is 0 Å². The molecule has 158 valence electrons. The summed E-state index contributed by atoms with van der Waals surface area (Å²) >= 11 is 0. The fourth-order valence-electron chi connectivity index (χ4n) is 3.50. The Morgan fingerprint density at radius 3 is 1.79 bits per heavy atom. The van der Waals surface area contributed by atoms with Gasteiger partial charge < -0.3 is 14.2 Å². The van der Waals surface area contributed by atoms with Crippen molar-refractivity contribution in [3.05, 3.63) is 25.3 Å². The van der Waals surface area contributed by atoms with Crippen molar-refractivity contribution < 1.29 is 33.4 Å². The molecule has 0 amide bonds. The summed E-state index contributed by atoms with van der Waals surface area (Å²) in [7, 11) is 0. The second-order valence-electron chi connectivity index (χ2n) is 7.88. The van der Waals surface area contributed by atoms with Crippen LogP contribution in [-0.2, 0) is 33.4 Å². The predicted molar refractivity (Wildman–Crippen MR) is 102 cm³/mol. The van der Waals surface area contributed by atoms with E-state index in [1.54, 1.807) is 5.06 Å². The first-order valence-electron chi connectivity index (χ1n) is 9.14. The van der Waals surface area contributed by atoms with Gasteiger partial charge in [0.25, 0.3) is 6.10 Å². The predicted octanol–water partition coefficient (Wildman–Crippen LogP) is 2.33. The van der Waals surface area contributed by atoms with E-state index in [-0.39, 0.29) is 25.3 Å². The van der Waals surface area contributed by atoms with Crippen LogP contribution in [0.25, 0.3) is 0 Å². The molecule has 0 radical (unpaired) electrons. The molecule has 0 N–H and O–H groups in total. The molecule has 0 unspecified atom stereocenters. The van der Waals surface area contributed by atoms with Crippen molar-refractivity contribution in [1.82, 2.24) is 5.06 Å². The molecule has 0 atom stereocenters. The Balaban J connectivity index is 3.08. The van der Waals surface area contributed by atoms with E-state index < -0.39 is 29.1 Å². The number of piperidine rings is 1. The highest BCUT2D eigenvalue weighted by atomic mass is 16.7. The third-order valence-electron chi connectivity index (χ3n) is 4.21. The van der Waals surface area contributed by atoms with Crippen molar-refractivity contribution in [2.45, 2.75) is 70.7 Å². The number of nitrogens with zero attached hydrogens (tertiary/aromatic N) is 1. The fraction of sp³-hybridized carbons (Fsp3) is 0.650. The molecule has 0 bridgehead atoms. The van der Waals surface area contributed by atoms with Crippen LogP contribution in [0.1, 0.15) is 47.5 Å². The van der Waals surface area contributed by atoms with Gasteiger partial charge >= 0.3 is 17.9 Å². The Morgan fingerprint density at radius 2 is 1.43 bits per heavy atom. The normalized spacial score (nSPS) is 18.9. The summed E-state index contributed by atoms with van der Waals surface area (Å²) in [5.74, 6) is -2.10. The number of hydroxylamine groups is 2. The molecule has 0 saturated carbocycles. The molecule has 1 aliphatic rings. The van der Waals surface area contributed by atoms with Gasteiger partial charge in [-0.1, -0.05) is 25.3 Å². The molecule has 0 aliphatic carbocycles. The average molecular weight is 397 g/mol. The fourth-order valence-corrected chi connectivity index (χ4v) is 3.50. The zero-order chi connectivity index (χ0) is 21.5. The summed E-state index contributed by atoms with van der Waals surface area (Å²) in [6.45, 7) is 15.7. The lowest BCUT2D eigenvalue weighted by molar-refractivity contribution is -0.309. The first kappa shape index (κ1) is 23.8. The maximum Gasteiger partial charge on any atom is 0.349 e. The molecule has 8 heteroatoms. The molecule has 1 saturated heterocycles. The highest BCUT2D eigenvalue weighted by Crippen LogP contribution is 2.40. The molecule has 0 aromatic heterocycles. The maximum absolute atomic E-state index is 12.4. The minimum atomic E-state index is -1.59. The molecular formula is C20H31NO7. The van der Waals surface area contributed by atoms with Gasteiger partial charge in [-0.05, 0) is 27.7 Å². The summed E-state index contributed by atoms with van der Waals surface area (Å²) < 4.78 is 15.4. The maximum atomic E-state index is 12.4. The lowest BCUT2D eigenvalue weighted by Gasteiger charge is -2.53. The van der Waals surface area contributed by atoms with Crippen molar-refractivity contribution in [3.8, 4) is 0 Å². The molecular weight excluding hydrogens is 366 g/mol. The Labute approximate surface area is 166 Å². The second-order valence-corrected chi connectivity index (χ2v) is 7.88. The van der Waals surface area contributed by atoms with Crippen LogP contribution in [0.4, 0.5) is 0 Å². The number of hydrogen-bond acceptors (Lipinski definition) is 8. The van der Waals surface area contributed by atoms with Crippen LogP contribution in [0.3, 0.4) is 0 Å². The Bertz CT molecular complexity index is 570. The number of esters is 3. The van der Waals surface area contributed by atoms with E-state index in [4.69, 9.17) is 19.0 Å². The van der Waals surface area contributed by atoms with Crippen LogP contribution in [0.5, 0.6) is 0 Å². The molecule has 1 fully saturated rings. The largest absolute Gasteiger partial charge is 0.462 e. The van der Waals surface area contributed by atoms with Gasteiger partial charge in [0.1, 0.15) is 19.3 Å². The highest BCUT2D eigenvalue weighted by Gasteiger charge is 2.50. The standard InChI is InChI=1S/C20H31NO7/c1-8-10-25-17(23)16(18(24)26-11-9-2)28-21-19(4,5)12-15(27-14(3)22)13-20(21,6)7/h8-9,15-16H,1-2,10-13H2,3-7H3. The highest BCUT2D eigenvalue weighted by molar-refractivity contribution is 5.98. The van der Waals surface area contributed by atoms with Crippen molar-refractivity contribution in [1.29, 1.82) is 0 Å². The molecule has 0 aromatic rings. The minimum Gasteiger partial charge on any atom is -0.462 e. The average Bonchev–Trinajstić information content (AvgIpc) is 2.55. The third-order valence-corrected chi connectivity index (χ3v) is 4.21. The van der Waals surface area contributed by atoms with Gasteiger partial charge in [-0.2, -0.15) is 5.06 Å². The smallest absolute Gasteiger partial charge is 0.349 e. The van der Waals surface area contributed by atoms with Gasteiger partial charge in [-0.15, -0.1) is 0 Å². The Morgan fingerprint density at radius 1 is 1.00 bits per heavy atom. The topological polar surface area (TPSA) is 91.4 Å². The van der Waals surface area contributed by atoms with Crippen LogP contribution >= 0.6 is 0 Å². The van der Waals surface area contributed by atoms with Gasteiger partial charge in [-0.3, -0.25) is 9.63 Å². The summed E-state index contributed by atoms with van der Waals surface area (Å²) in [4.78, 5) is 42.0. The SMILES string of the molecule is C=CCOC(=O)C(ON1C(C)(C)CC(OC(C)=O)CC1(C)C)C(=O)OCC=C. The van der Waals surface area contributed by atoms with Gasteiger partial charge in [0.2, 0.25) is 0 Å². The van der Waals surface area contributed by atoms with E-state index in [1.807, 2.05) is 27.7 Å². The van der Waals surface area contributed by atoms with Crippen LogP contribution in [0.2, 0.25) is 0 Å². The number of hydrogen-bond donors (Lipinski definition) is 0. The molecule has 28 heavy (non-hydrogen) atoms. The van der Waals surface area contributed by atoms with Gasteiger partial charge in [0, 0.05) is 30.8 Å². The molecule has 0 aromatic carbocycles. The van der Waals surface area contributed by atoms with E-state index in [0.717, 1.165) is 0 Å². The van der Waals surface area contributed by atoms with Crippen LogP contribution in [0, 0.1) is 0 Å². The minimum absolute atomic E-state index is 0.0608. The zero-order valence-corrected chi connectivity index (χ0v) is 17.4. The van der Waals surface area contributed by atoms with Crippen LogP contribution < -0.4 is 0 Å². The molecule has 8 nitrogen and oxygen atoms in total. The van der Waals surface area contributed by atoms with Crippen molar-refractivity contribution in [3.63, 3.8) is 0 Å². The number of carbonyl (C=O) groups excluding carboxylic acids is 3. The quantitative estimate of drug-likeness (QED) is 0.253. The lowest BCUT2D eigenvalue weighted by atomic mass is 9.80. The van der Waals surface area contributed by atoms with Gasteiger partial charge in [-0.25, -0.2) is 9.59 Å². The zero-order valence-electron chi connectivity index (χ0n) is 17.4. The molecule has 1 rings (SSSR count). The summed E-state index contributed by atoms with van der Waals surface area (Å²) in [5, 5.41) is 1.59.